The molecule has 1 amide bonds. The minimum absolute atomic E-state index is 0.00449. The zero-order valence-corrected chi connectivity index (χ0v) is 19.0. The molecule has 3 aromatic rings. The number of benzene rings is 3. The predicted octanol–water partition coefficient (Wildman–Crippen LogP) is 6.32. The first-order chi connectivity index (χ1) is 14.0. The van der Waals surface area contributed by atoms with Crippen LogP contribution in [0.1, 0.15) is 21.5 Å². The summed E-state index contributed by atoms with van der Waals surface area (Å²) in [5.74, 6) is -0.534. The molecule has 3 aromatic carbocycles. The summed E-state index contributed by atoms with van der Waals surface area (Å²) in [5.41, 5.74) is 2.58. The van der Waals surface area contributed by atoms with E-state index in [-0.39, 0.29) is 15.5 Å². The molecule has 0 aliphatic heterocycles. The maximum Gasteiger partial charge on any atom is 0.263 e. The molecule has 0 aliphatic rings. The van der Waals surface area contributed by atoms with Gasteiger partial charge in [-0.3, -0.25) is 9.52 Å². The van der Waals surface area contributed by atoms with Crippen molar-refractivity contribution in [2.75, 3.05) is 10.0 Å². The molecule has 0 saturated heterocycles. The molecule has 156 valence electrons. The van der Waals surface area contributed by atoms with Crippen LogP contribution in [0.2, 0.25) is 15.1 Å². The van der Waals surface area contributed by atoms with Gasteiger partial charge in [-0.2, -0.15) is 0 Å². The molecule has 0 unspecified atom stereocenters. The summed E-state index contributed by atoms with van der Waals surface area (Å²) < 4.78 is 28.4. The van der Waals surface area contributed by atoms with E-state index in [1.165, 1.54) is 36.4 Å². The Hall–Kier alpha value is -2.25. The van der Waals surface area contributed by atoms with Gasteiger partial charge in [0.15, 0.2) is 0 Å². The second-order valence-corrected chi connectivity index (χ2v) is 9.61. The van der Waals surface area contributed by atoms with Crippen LogP contribution in [-0.4, -0.2) is 14.3 Å². The number of rotatable bonds is 5. The molecule has 3 rings (SSSR count). The Morgan fingerprint density at radius 1 is 0.867 bits per heavy atom. The molecule has 9 heteroatoms. The molecule has 0 spiro atoms. The van der Waals surface area contributed by atoms with Crippen LogP contribution < -0.4 is 10.0 Å². The van der Waals surface area contributed by atoms with E-state index in [9.17, 15) is 13.2 Å². The molecule has 5 nitrogen and oxygen atoms in total. The third kappa shape index (κ3) is 5.26. The molecule has 0 saturated carbocycles. The van der Waals surface area contributed by atoms with Crippen molar-refractivity contribution < 1.29 is 13.2 Å². The molecule has 0 atom stereocenters. The highest BCUT2D eigenvalue weighted by molar-refractivity contribution is 7.92. The van der Waals surface area contributed by atoms with Crippen molar-refractivity contribution in [1.29, 1.82) is 0 Å². The summed E-state index contributed by atoms with van der Waals surface area (Å²) >= 11 is 18.0. The fourth-order valence-electron chi connectivity index (χ4n) is 2.73. The summed E-state index contributed by atoms with van der Waals surface area (Å²) in [4.78, 5) is 12.4. The normalized spacial score (nSPS) is 11.2. The van der Waals surface area contributed by atoms with Gasteiger partial charge in [0.2, 0.25) is 0 Å². The topological polar surface area (TPSA) is 75.3 Å². The van der Waals surface area contributed by atoms with Gasteiger partial charge in [0, 0.05) is 21.3 Å². The van der Waals surface area contributed by atoms with Crippen LogP contribution in [0.4, 0.5) is 11.4 Å². The fraction of sp³-hybridized carbons (Fsp3) is 0.0952. The fourth-order valence-corrected chi connectivity index (χ4v) is 4.90. The Labute approximate surface area is 190 Å². The summed E-state index contributed by atoms with van der Waals surface area (Å²) in [6.07, 6.45) is 0. The van der Waals surface area contributed by atoms with Crippen LogP contribution in [0.3, 0.4) is 0 Å². The highest BCUT2D eigenvalue weighted by Crippen LogP contribution is 2.28. The number of halogens is 3. The minimum atomic E-state index is -4.03. The molecule has 0 radical (unpaired) electrons. The summed E-state index contributed by atoms with van der Waals surface area (Å²) in [6.45, 7) is 3.65. The number of carbonyl (C=O) groups is 1. The van der Waals surface area contributed by atoms with Crippen LogP contribution in [0.15, 0.2) is 59.5 Å². The number of aryl methyl sites for hydroxylation is 2. The van der Waals surface area contributed by atoms with Gasteiger partial charge in [0.25, 0.3) is 15.9 Å². The third-order valence-corrected chi connectivity index (χ3v) is 6.52. The van der Waals surface area contributed by atoms with Crippen molar-refractivity contribution in [2.45, 2.75) is 18.7 Å². The zero-order valence-electron chi connectivity index (χ0n) is 16.0. The maximum absolute atomic E-state index is 12.9. The Morgan fingerprint density at radius 3 is 2.20 bits per heavy atom. The van der Waals surface area contributed by atoms with Gasteiger partial charge in [-0.05, 0) is 67.4 Å². The highest BCUT2D eigenvalue weighted by atomic mass is 35.5. The van der Waals surface area contributed by atoms with Crippen LogP contribution in [0, 0.1) is 13.8 Å². The van der Waals surface area contributed by atoms with Crippen LogP contribution in [0.25, 0.3) is 0 Å². The van der Waals surface area contributed by atoms with E-state index in [1.54, 1.807) is 13.0 Å². The second kappa shape index (κ2) is 8.86. The Bertz CT molecular complexity index is 1220. The lowest BCUT2D eigenvalue weighted by atomic mass is 10.1. The summed E-state index contributed by atoms with van der Waals surface area (Å²) in [7, 11) is -4.03. The number of hydrogen-bond acceptors (Lipinski definition) is 3. The number of nitrogens with one attached hydrogen (secondary N) is 2. The Kier molecular flexibility index (Phi) is 6.62. The van der Waals surface area contributed by atoms with Gasteiger partial charge < -0.3 is 5.32 Å². The predicted molar refractivity (Wildman–Crippen MR) is 123 cm³/mol. The summed E-state index contributed by atoms with van der Waals surface area (Å²) in [5, 5.41) is 3.35. The standard InChI is InChI=1S/C21H17Cl3N2O3S/c1-12-3-4-13(2)19(7-12)26-30(28,29)20-8-14(5-6-18(20)24)21(27)25-17-10-15(22)9-16(23)11-17/h3-11,26H,1-2H3,(H,25,27). The molecular formula is C21H17Cl3N2O3S. The van der Waals surface area contributed by atoms with Crippen molar-refractivity contribution >= 4 is 62.1 Å². The number of carbonyl (C=O) groups excluding carboxylic acids is 1. The number of anilines is 2. The van der Waals surface area contributed by atoms with E-state index < -0.39 is 15.9 Å². The van der Waals surface area contributed by atoms with E-state index in [2.05, 4.69) is 10.0 Å². The number of sulfonamides is 1. The first-order valence-electron chi connectivity index (χ1n) is 8.72. The Morgan fingerprint density at radius 2 is 1.53 bits per heavy atom. The molecule has 2 N–H and O–H groups in total. The van der Waals surface area contributed by atoms with Gasteiger partial charge >= 0.3 is 0 Å². The minimum Gasteiger partial charge on any atom is -0.322 e. The van der Waals surface area contributed by atoms with Gasteiger partial charge in [-0.1, -0.05) is 46.9 Å². The van der Waals surface area contributed by atoms with Crippen LogP contribution in [-0.2, 0) is 10.0 Å². The van der Waals surface area contributed by atoms with E-state index in [0.29, 0.717) is 21.4 Å². The lowest BCUT2D eigenvalue weighted by Crippen LogP contribution is -2.17. The number of amides is 1. The van der Waals surface area contributed by atoms with E-state index >= 15 is 0 Å². The van der Waals surface area contributed by atoms with Gasteiger partial charge in [-0.15, -0.1) is 0 Å². The van der Waals surface area contributed by atoms with Crippen molar-refractivity contribution in [3.63, 3.8) is 0 Å². The molecule has 0 aliphatic carbocycles. The van der Waals surface area contributed by atoms with E-state index in [0.717, 1.165) is 11.1 Å². The molecule has 0 heterocycles. The average Bonchev–Trinajstić information content (AvgIpc) is 2.63. The van der Waals surface area contributed by atoms with Crippen LogP contribution >= 0.6 is 34.8 Å². The van der Waals surface area contributed by atoms with Gasteiger partial charge in [0.1, 0.15) is 4.90 Å². The van der Waals surface area contributed by atoms with Gasteiger partial charge in [-0.25, -0.2) is 8.42 Å². The SMILES string of the molecule is Cc1ccc(C)c(NS(=O)(=O)c2cc(C(=O)Nc3cc(Cl)cc(Cl)c3)ccc2Cl)c1. The first-order valence-corrected chi connectivity index (χ1v) is 11.3. The largest absolute Gasteiger partial charge is 0.322 e. The second-order valence-electron chi connectivity index (χ2n) is 6.68. The van der Waals surface area contributed by atoms with E-state index in [1.807, 2.05) is 19.1 Å². The smallest absolute Gasteiger partial charge is 0.263 e. The molecule has 0 aromatic heterocycles. The molecule has 0 bridgehead atoms. The Balaban J connectivity index is 1.92. The van der Waals surface area contributed by atoms with E-state index in [4.69, 9.17) is 34.8 Å². The molecule has 0 fully saturated rings. The highest BCUT2D eigenvalue weighted by Gasteiger charge is 2.21. The summed E-state index contributed by atoms with van der Waals surface area (Å²) in [6, 6.07) is 14.0. The molecular weight excluding hydrogens is 467 g/mol. The van der Waals surface area contributed by atoms with Crippen molar-refractivity contribution in [1.82, 2.24) is 0 Å². The zero-order chi connectivity index (χ0) is 22.1. The average molecular weight is 484 g/mol. The first kappa shape index (κ1) is 22.4. The van der Waals surface area contributed by atoms with Crippen molar-refractivity contribution in [2.24, 2.45) is 0 Å². The quantitative estimate of drug-likeness (QED) is 0.446. The number of hydrogen-bond donors (Lipinski definition) is 2. The monoisotopic (exact) mass is 482 g/mol. The lowest BCUT2D eigenvalue weighted by molar-refractivity contribution is 0.102. The van der Waals surface area contributed by atoms with Gasteiger partial charge in [0.05, 0.1) is 10.7 Å². The van der Waals surface area contributed by atoms with Crippen LogP contribution in [0.5, 0.6) is 0 Å². The van der Waals surface area contributed by atoms with Crippen molar-refractivity contribution in [3.05, 3.63) is 86.4 Å². The molecule has 30 heavy (non-hydrogen) atoms. The van der Waals surface area contributed by atoms with Crippen molar-refractivity contribution in [3.8, 4) is 0 Å². The lowest BCUT2D eigenvalue weighted by Gasteiger charge is -2.13. The third-order valence-electron chi connectivity index (χ3n) is 4.24. The maximum atomic E-state index is 12.9.